The number of carbonyl (C=O) groups excluding carboxylic acids is 1. The van der Waals surface area contributed by atoms with Crippen molar-refractivity contribution < 1.29 is 9.53 Å². The van der Waals surface area contributed by atoms with Gasteiger partial charge in [0.15, 0.2) is 5.82 Å². The molecule has 0 spiro atoms. The van der Waals surface area contributed by atoms with Crippen molar-refractivity contribution in [3.63, 3.8) is 0 Å². The molecule has 10 heteroatoms. The van der Waals surface area contributed by atoms with Gasteiger partial charge < -0.3 is 15.0 Å². The first-order valence-corrected chi connectivity index (χ1v) is 11.5. The Balaban J connectivity index is 1.62. The summed E-state index contributed by atoms with van der Waals surface area (Å²) in [4.78, 5) is 26.5. The Labute approximate surface area is 208 Å². The number of ether oxygens (including phenoxy) is 1. The van der Waals surface area contributed by atoms with Crippen molar-refractivity contribution in [3.8, 4) is 0 Å². The van der Waals surface area contributed by atoms with Crippen LogP contribution in [0.15, 0.2) is 59.4 Å². The minimum atomic E-state index is -0.512. The summed E-state index contributed by atoms with van der Waals surface area (Å²) >= 11 is 12.3. The van der Waals surface area contributed by atoms with Crippen LogP contribution in [0.25, 0.3) is 0 Å². The average Bonchev–Trinajstić information content (AvgIpc) is 2.79. The molecule has 1 amide bonds. The van der Waals surface area contributed by atoms with Gasteiger partial charge >= 0.3 is 6.09 Å². The number of hydrogen-bond acceptors (Lipinski definition) is 6. The minimum Gasteiger partial charge on any atom is -0.449 e. The van der Waals surface area contributed by atoms with E-state index in [1.165, 1.54) is 10.7 Å². The molecule has 0 radical (unpaired) electrons. The van der Waals surface area contributed by atoms with Crippen LogP contribution in [0.2, 0.25) is 10.0 Å². The highest BCUT2D eigenvalue weighted by molar-refractivity contribution is 6.43. The summed E-state index contributed by atoms with van der Waals surface area (Å²) in [5, 5.41) is 10.9. The van der Waals surface area contributed by atoms with Crippen LogP contribution in [0, 0.1) is 0 Å². The van der Waals surface area contributed by atoms with Crippen LogP contribution in [0.1, 0.15) is 18.4 Å². The predicted octanol–water partition coefficient (Wildman–Crippen LogP) is 5.23. The fourth-order valence-corrected chi connectivity index (χ4v) is 3.48. The normalized spacial score (nSPS) is 10.9. The number of amides is 1. The Morgan fingerprint density at radius 3 is 2.68 bits per heavy atom. The van der Waals surface area contributed by atoms with Gasteiger partial charge in [-0.05, 0) is 69.4 Å². The second kappa shape index (κ2) is 12.4. The van der Waals surface area contributed by atoms with E-state index >= 15 is 0 Å². The van der Waals surface area contributed by atoms with Crippen LogP contribution in [-0.2, 0) is 11.3 Å². The van der Waals surface area contributed by atoms with Gasteiger partial charge in [0.25, 0.3) is 5.56 Å². The highest BCUT2D eigenvalue weighted by atomic mass is 35.5. The summed E-state index contributed by atoms with van der Waals surface area (Å²) in [7, 11) is 4.01. The van der Waals surface area contributed by atoms with Gasteiger partial charge in [0, 0.05) is 11.8 Å². The average molecular weight is 504 g/mol. The Morgan fingerprint density at radius 1 is 1.09 bits per heavy atom. The van der Waals surface area contributed by atoms with Gasteiger partial charge in [0.05, 0.1) is 28.9 Å². The van der Waals surface area contributed by atoms with Gasteiger partial charge in [-0.1, -0.05) is 41.4 Å². The number of halogens is 2. The van der Waals surface area contributed by atoms with E-state index in [1.807, 2.05) is 20.2 Å². The molecule has 1 heterocycles. The number of rotatable bonds is 10. The predicted molar refractivity (Wildman–Crippen MR) is 137 cm³/mol. The van der Waals surface area contributed by atoms with Crippen LogP contribution in [0.3, 0.4) is 0 Å². The zero-order valence-electron chi connectivity index (χ0n) is 19.1. The Morgan fingerprint density at radius 2 is 1.88 bits per heavy atom. The van der Waals surface area contributed by atoms with Crippen LogP contribution < -0.4 is 16.2 Å². The van der Waals surface area contributed by atoms with Crippen molar-refractivity contribution in [2.45, 2.75) is 19.4 Å². The molecule has 0 fully saturated rings. The van der Waals surface area contributed by atoms with E-state index < -0.39 is 6.09 Å². The number of carbonyl (C=O) groups is 1. The molecule has 0 aliphatic heterocycles. The maximum absolute atomic E-state index is 12.4. The molecule has 0 aliphatic rings. The van der Waals surface area contributed by atoms with Gasteiger partial charge in [0.1, 0.15) is 0 Å². The molecule has 34 heavy (non-hydrogen) atoms. The third-order valence-electron chi connectivity index (χ3n) is 4.82. The van der Waals surface area contributed by atoms with Crippen molar-refractivity contribution in [2.24, 2.45) is 0 Å². The van der Waals surface area contributed by atoms with E-state index in [1.54, 1.807) is 42.5 Å². The fraction of sp³-hybridized carbons (Fsp3) is 0.292. The molecule has 2 N–H and O–H groups in total. The lowest BCUT2D eigenvalue weighted by atomic mass is 10.2. The Kier molecular flexibility index (Phi) is 9.33. The summed E-state index contributed by atoms with van der Waals surface area (Å²) in [5.74, 6) is 0.441. The maximum Gasteiger partial charge on any atom is 0.411 e. The second-order valence-corrected chi connectivity index (χ2v) is 8.70. The quantitative estimate of drug-likeness (QED) is 0.368. The first-order chi connectivity index (χ1) is 16.3. The first kappa shape index (κ1) is 25.6. The van der Waals surface area contributed by atoms with E-state index in [9.17, 15) is 9.59 Å². The smallest absolute Gasteiger partial charge is 0.411 e. The molecule has 180 valence electrons. The third-order valence-corrected chi connectivity index (χ3v) is 5.64. The van der Waals surface area contributed by atoms with Crippen molar-refractivity contribution in [1.82, 2.24) is 14.7 Å². The summed E-state index contributed by atoms with van der Waals surface area (Å²) in [6, 6.07) is 15.4. The van der Waals surface area contributed by atoms with E-state index in [-0.39, 0.29) is 12.1 Å². The molecule has 2 aromatic carbocycles. The molecule has 0 saturated heterocycles. The summed E-state index contributed by atoms with van der Waals surface area (Å²) < 4.78 is 6.55. The van der Waals surface area contributed by atoms with Gasteiger partial charge in [-0.2, -0.15) is 5.10 Å². The largest absolute Gasteiger partial charge is 0.449 e. The summed E-state index contributed by atoms with van der Waals surface area (Å²) in [6.45, 7) is 1.52. The molecule has 0 saturated carbocycles. The van der Waals surface area contributed by atoms with Gasteiger partial charge in [-0.3, -0.25) is 10.1 Å². The lowest BCUT2D eigenvalue weighted by molar-refractivity contribution is 0.158. The summed E-state index contributed by atoms with van der Waals surface area (Å²) in [5.41, 5.74) is 1.68. The number of hydrogen-bond donors (Lipinski definition) is 2. The van der Waals surface area contributed by atoms with E-state index in [0.29, 0.717) is 33.8 Å². The second-order valence-electron chi connectivity index (χ2n) is 7.91. The van der Waals surface area contributed by atoms with Crippen molar-refractivity contribution in [3.05, 3.63) is 80.6 Å². The highest BCUT2D eigenvalue weighted by Crippen LogP contribution is 2.31. The molecular weight excluding hydrogens is 477 g/mol. The van der Waals surface area contributed by atoms with Crippen molar-refractivity contribution in [1.29, 1.82) is 0 Å². The number of unbranched alkanes of at least 4 members (excludes halogenated alkanes) is 1. The monoisotopic (exact) mass is 503 g/mol. The minimum absolute atomic E-state index is 0.215. The standard InChI is InChI=1S/C24H27Cl2N5O3/c1-30(2)13-3-4-14-34-24(33)27-18-8-5-7-17(15-18)16-31-22(32)12-11-21(29-31)28-20-10-6-9-19(25)23(20)26/h5-12,15H,3-4,13-14,16H2,1-2H3,(H,27,33)(H,28,29). The zero-order chi connectivity index (χ0) is 24.5. The molecule has 1 aromatic heterocycles. The molecule has 8 nitrogen and oxygen atoms in total. The number of anilines is 3. The van der Waals surface area contributed by atoms with E-state index in [4.69, 9.17) is 27.9 Å². The van der Waals surface area contributed by atoms with E-state index in [0.717, 1.165) is 24.9 Å². The van der Waals surface area contributed by atoms with Crippen molar-refractivity contribution >= 4 is 46.5 Å². The lowest BCUT2D eigenvalue weighted by Gasteiger charge is -2.12. The van der Waals surface area contributed by atoms with Gasteiger partial charge in [-0.25, -0.2) is 9.48 Å². The molecule has 0 unspecified atom stereocenters. The third kappa shape index (κ3) is 7.76. The Hall–Kier alpha value is -3.07. The topological polar surface area (TPSA) is 88.5 Å². The van der Waals surface area contributed by atoms with Crippen LogP contribution in [0.4, 0.5) is 22.0 Å². The maximum atomic E-state index is 12.4. The molecular formula is C24H27Cl2N5O3. The number of nitrogens with one attached hydrogen (secondary N) is 2. The highest BCUT2D eigenvalue weighted by Gasteiger charge is 2.09. The fourth-order valence-electron chi connectivity index (χ4n) is 3.14. The van der Waals surface area contributed by atoms with E-state index in [2.05, 4.69) is 20.6 Å². The molecule has 3 rings (SSSR count). The number of nitrogens with zero attached hydrogens (tertiary/aromatic N) is 3. The van der Waals surface area contributed by atoms with Crippen molar-refractivity contribution in [2.75, 3.05) is 37.9 Å². The van der Waals surface area contributed by atoms with Crippen LogP contribution in [-0.4, -0.2) is 48.0 Å². The summed E-state index contributed by atoms with van der Waals surface area (Å²) in [6.07, 6.45) is 1.24. The zero-order valence-corrected chi connectivity index (χ0v) is 20.6. The Bertz CT molecular complexity index is 1180. The molecule has 0 atom stereocenters. The van der Waals surface area contributed by atoms with Gasteiger partial charge in [-0.15, -0.1) is 0 Å². The lowest BCUT2D eigenvalue weighted by Crippen LogP contribution is -2.23. The van der Waals surface area contributed by atoms with Gasteiger partial charge in [0.2, 0.25) is 0 Å². The molecule has 0 aliphatic carbocycles. The van der Waals surface area contributed by atoms with Crippen LogP contribution >= 0.6 is 23.2 Å². The first-order valence-electron chi connectivity index (χ1n) is 10.8. The SMILES string of the molecule is CN(C)CCCCOC(=O)Nc1cccc(Cn2nc(Nc3cccc(Cl)c3Cl)ccc2=O)c1. The van der Waals surface area contributed by atoms with Crippen LogP contribution in [0.5, 0.6) is 0 Å². The molecule has 3 aromatic rings. The number of aromatic nitrogens is 2. The molecule has 0 bridgehead atoms. The number of benzene rings is 2.